The summed E-state index contributed by atoms with van der Waals surface area (Å²) in [6.45, 7) is 0. The Morgan fingerprint density at radius 3 is 1.93 bits per heavy atom. The Bertz CT molecular complexity index is 2130. The van der Waals surface area contributed by atoms with Gasteiger partial charge >= 0.3 is 0 Å². The third-order valence-corrected chi connectivity index (χ3v) is 8.96. The highest BCUT2D eigenvalue weighted by Crippen LogP contribution is 2.62. The fourth-order valence-corrected chi connectivity index (χ4v) is 7.38. The molecule has 0 fully saturated rings. The summed E-state index contributed by atoms with van der Waals surface area (Å²) < 4.78 is 8.83. The molecule has 2 aliphatic rings. The summed E-state index contributed by atoms with van der Waals surface area (Å²) in [4.78, 5) is 0. The van der Waals surface area contributed by atoms with E-state index in [1.165, 1.54) is 44.3 Å². The van der Waals surface area contributed by atoms with E-state index < -0.39 is 5.41 Å². The van der Waals surface area contributed by atoms with E-state index in [1.54, 1.807) is 0 Å². The maximum atomic E-state index is 6.47. The van der Waals surface area contributed by atoms with Crippen LogP contribution in [-0.4, -0.2) is 4.57 Å². The first-order valence-electron chi connectivity index (χ1n) is 13.6. The fourth-order valence-electron chi connectivity index (χ4n) is 7.21. The molecule has 0 N–H and O–H groups in total. The standard InChI is InChI=1S/C37H22ClNO/c38-23-17-20-34-28(21-23)26-10-2-6-14-33(26)39(34)24-18-19-30-27(22-24)25-9-1-3-11-29(25)37(30)31-12-4-7-15-35(31)40-36-16-8-5-13-32(36)37/h1-22H. The normalized spacial score (nSPS) is 14.0. The van der Waals surface area contributed by atoms with E-state index in [2.05, 4.69) is 132 Å². The molecular formula is C37H22ClNO. The molecule has 6 aromatic carbocycles. The molecule has 0 atom stereocenters. The fraction of sp³-hybridized carbons (Fsp3) is 0.0270. The molecule has 1 aliphatic carbocycles. The lowest BCUT2D eigenvalue weighted by Crippen LogP contribution is -2.32. The predicted octanol–water partition coefficient (Wildman–Crippen LogP) is 9.91. The Morgan fingerprint density at radius 1 is 0.500 bits per heavy atom. The maximum Gasteiger partial charge on any atom is 0.132 e. The highest BCUT2D eigenvalue weighted by Gasteiger charge is 2.50. The highest BCUT2D eigenvalue weighted by molar-refractivity contribution is 6.32. The van der Waals surface area contributed by atoms with Crippen molar-refractivity contribution in [3.8, 4) is 28.3 Å². The number of nitrogens with zero attached hydrogens (tertiary/aromatic N) is 1. The number of halogens is 1. The molecule has 0 bridgehead atoms. The first-order chi connectivity index (χ1) is 19.7. The molecule has 1 spiro atoms. The number of hydrogen-bond acceptors (Lipinski definition) is 1. The van der Waals surface area contributed by atoms with Gasteiger partial charge in [0.25, 0.3) is 0 Å². The molecule has 0 radical (unpaired) electrons. The molecule has 9 rings (SSSR count). The van der Waals surface area contributed by atoms with Crippen molar-refractivity contribution < 1.29 is 4.74 Å². The third-order valence-electron chi connectivity index (χ3n) is 8.72. The van der Waals surface area contributed by atoms with Crippen LogP contribution in [0.25, 0.3) is 38.6 Å². The molecule has 40 heavy (non-hydrogen) atoms. The van der Waals surface area contributed by atoms with Crippen molar-refractivity contribution in [3.05, 3.63) is 161 Å². The summed E-state index contributed by atoms with van der Waals surface area (Å²) >= 11 is 6.45. The van der Waals surface area contributed by atoms with Gasteiger partial charge in [0, 0.05) is 32.6 Å². The minimum atomic E-state index is -0.454. The number of rotatable bonds is 1. The molecule has 188 valence electrons. The van der Waals surface area contributed by atoms with Gasteiger partial charge < -0.3 is 9.30 Å². The number of hydrogen-bond donors (Lipinski definition) is 0. The van der Waals surface area contributed by atoms with Crippen molar-refractivity contribution in [1.29, 1.82) is 0 Å². The molecule has 0 amide bonds. The van der Waals surface area contributed by atoms with E-state index in [1.807, 2.05) is 6.07 Å². The number of ether oxygens (including phenoxy) is 1. The van der Waals surface area contributed by atoms with E-state index in [9.17, 15) is 0 Å². The summed E-state index contributed by atoms with van der Waals surface area (Å²) in [5, 5.41) is 3.11. The van der Waals surface area contributed by atoms with Gasteiger partial charge in [0.2, 0.25) is 0 Å². The Morgan fingerprint density at radius 2 is 1.12 bits per heavy atom. The van der Waals surface area contributed by atoms with Gasteiger partial charge in [-0.15, -0.1) is 0 Å². The van der Waals surface area contributed by atoms with Gasteiger partial charge in [-0.2, -0.15) is 0 Å². The van der Waals surface area contributed by atoms with Crippen LogP contribution in [0.3, 0.4) is 0 Å². The van der Waals surface area contributed by atoms with Crippen LogP contribution in [0.15, 0.2) is 133 Å². The lowest BCUT2D eigenvalue weighted by atomic mass is 9.66. The Balaban J connectivity index is 1.39. The molecule has 1 aromatic heterocycles. The van der Waals surface area contributed by atoms with Crippen LogP contribution in [0.2, 0.25) is 5.02 Å². The second-order valence-electron chi connectivity index (χ2n) is 10.6. The topological polar surface area (TPSA) is 14.2 Å². The second kappa shape index (κ2) is 7.88. The zero-order valence-electron chi connectivity index (χ0n) is 21.4. The van der Waals surface area contributed by atoms with Crippen molar-refractivity contribution in [2.45, 2.75) is 5.41 Å². The smallest absolute Gasteiger partial charge is 0.132 e. The van der Waals surface area contributed by atoms with E-state index in [4.69, 9.17) is 16.3 Å². The largest absolute Gasteiger partial charge is 0.457 e. The van der Waals surface area contributed by atoms with Crippen LogP contribution in [0, 0.1) is 0 Å². The molecule has 7 aromatic rings. The summed E-state index contributed by atoms with van der Waals surface area (Å²) in [5.74, 6) is 1.82. The van der Waals surface area contributed by atoms with E-state index in [0.717, 1.165) is 33.1 Å². The number of fused-ring (bicyclic) bond motifs is 12. The average molecular weight is 532 g/mol. The average Bonchev–Trinajstić information content (AvgIpc) is 3.48. The van der Waals surface area contributed by atoms with E-state index in [0.29, 0.717) is 0 Å². The van der Waals surface area contributed by atoms with Gasteiger partial charge in [0.15, 0.2) is 0 Å². The zero-order valence-corrected chi connectivity index (χ0v) is 22.2. The maximum absolute atomic E-state index is 6.47. The molecule has 2 nitrogen and oxygen atoms in total. The Hall–Kier alpha value is -4.79. The zero-order chi connectivity index (χ0) is 26.4. The van der Waals surface area contributed by atoms with Crippen LogP contribution < -0.4 is 4.74 Å². The summed E-state index contributed by atoms with van der Waals surface area (Å²) in [7, 11) is 0. The Labute approximate surface area is 236 Å². The highest BCUT2D eigenvalue weighted by atomic mass is 35.5. The van der Waals surface area contributed by atoms with Crippen molar-refractivity contribution in [3.63, 3.8) is 0 Å². The molecular weight excluding hydrogens is 510 g/mol. The van der Waals surface area contributed by atoms with Crippen LogP contribution in [0.5, 0.6) is 11.5 Å². The quantitative estimate of drug-likeness (QED) is 0.205. The van der Waals surface area contributed by atoms with Crippen molar-refractivity contribution in [2.24, 2.45) is 0 Å². The molecule has 0 saturated carbocycles. The van der Waals surface area contributed by atoms with Crippen molar-refractivity contribution in [1.82, 2.24) is 4.57 Å². The van der Waals surface area contributed by atoms with E-state index in [-0.39, 0.29) is 0 Å². The molecule has 1 aliphatic heterocycles. The molecule has 0 unspecified atom stereocenters. The number of benzene rings is 6. The van der Waals surface area contributed by atoms with Crippen LogP contribution in [0.4, 0.5) is 0 Å². The van der Waals surface area contributed by atoms with Gasteiger partial charge in [-0.1, -0.05) is 96.5 Å². The minimum Gasteiger partial charge on any atom is -0.457 e. The monoisotopic (exact) mass is 531 g/mol. The van der Waals surface area contributed by atoms with Crippen LogP contribution in [0.1, 0.15) is 22.3 Å². The lowest BCUT2D eigenvalue weighted by molar-refractivity contribution is 0.436. The van der Waals surface area contributed by atoms with Crippen molar-refractivity contribution in [2.75, 3.05) is 0 Å². The number of para-hydroxylation sites is 3. The van der Waals surface area contributed by atoms with Gasteiger partial charge in [-0.25, -0.2) is 0 Å². The summed E-state index contributed by atoms with van der Waals surface area (Å²) in [6.07, 6.45) is 0. The van der Waals surface area contributed by atoms with E-state index >= 15 is 0 Å². The van der Waals surface area contributed by atoms with Crippen LogP contribution in [-0.2, 0) is 5.41 Å². The van der Waals surface area contributed by atoms with Gasteiger partial charge in [-0.05, 0) is 70.8 Å². The molecule has 3 heteroatoms. The minimum absolute atomic E-state index is 0.454. The lowest BCUT2D eigenvalue weighted by Gasteiger charge is -2.39. The molecule has 2 heterocycles. The van der Waals surface area contributed by atoms with Gasteiger partial charge in [0.05, 0.1) is 16.4 Å². The summed E-state index contributed by atoms with van der Waals surface area (Å²) in [6, 6.07) is 47.6. The third kappa shape index (κ3) is 2.69. The first-order valence-corrected chi connectivity index (χ1v) is 13.9. The second-order valence-corrected chi connectivity index (χ2v) is 11.1. The van der Waals surface area contributed by atoms with Gasteiger partial charge in [-0.3, -0.25) is 0 Å². The van der Waals surface area contributed by atoms with Crippen molar-refractivity contribution >= 4 is 33.4 Å². The Kier molecular flexibility index (Phi) is 4.35. The molecule has 0 saturated heterocycles. The predicted molar refractivity (Wildman–Crippen MR) is 163 cm³/mol. The summed E-state index contributed by atoms with van der Waals surface area (Å²) in [5.41, 5.74) is 10.4. The SMILES string of the molecule is Clc1ccc2c(c1)c1ccccc1n2-c1ccc2c(c1)-c1ccccc1C21c2ccccc2Oc2ccccc21. The van der Waals surface area contributed by atoms with Gasteiger partial charge in [0.1, 0.15) is 11.5 Å². The van der Waals surface area contributed by atoms with Crippen LogP contribution >= 0.6 is 11.6 Å². The first kappa shape index (κ1) is 22.1. The number of aromatic nitrogens is 1.